The number of nitrogens with one attached hydrogen (secondary N) is 2. The van der Waals surface area contributed by atoms with Gasteiger partial charge in [0.1, 0.15) is 23.7 Å². The lowest BCUT2D eigenvalue weighted by Gasteiger charge is -2.26. The average Bonchev–Trinajstić information content (AvgIpc) is 3.11. The molecule has 1 aliphatic rings. The molecule has 8 heteroatoms. The summed E-state index contributed by atoms with van der Waals surface area (Å²) in [5.41, 5.74) is 7.39. The summed E-state index contributed by atoms with van der Waals surface area (Å²) in [6.45, 7) is 4.46. The van der Waals surface area contributed by atoms with Gasteiger partial charge in [0, 0.05) is 24.7 Å². The van der Waals surface area contributed by atoms with E-state index in [4.69, 9.17) is 4.84 Å². The summed E-state index contributed by atoms with van der Waals surface area (Å²) in [5.74, 6) is 0.403. The maximum Gasteiger partial charge on any atom is 0.135 e. The Labute approximate surface area is 181 Å². The Morgan fingerprint density at radius 1 is 1.10 bits per heavy atom. The smallest absolute Gasteiger partial charge is 0.135 e. The Bertz CT molecular complexity index is 1060. The van der Waals surface area contributed by atoms with Crippen molar-refractivity contribution in [3.8, 4) is 0 Å². The maximum absolute atomic E-state index is 13.5. The minimum absolute atomic E-state index is 0.0712. The van der Waals surface area contributed by atoms with Crippen LogP contribution in [0.5, 0.6) is 0 Å². The molecule has 0 radical (unpaired) electrons. The highest BCUT2D eigenvalue weighted by atomic mass is 19.1. The van der Waals surface area contributed by atoms with Gasteiger partial charge < -0.3 is 5.32 Å². The van der Waals surface area contributed by atoms with Gasteiger partial charge in [0.15, 0.2) is 0 Å². The van der Waals surface area contributed by atoms with Gasteiger partial charge in [-0.1, -0.05) is 30.3 Å². The number of anilines is 1. The quantitative estimate of drug-likeness (QED) is 0.593. The fourth-order valence-corrected chi connectivity index (χ4v) is 3.44. The van der Waals surface area contributed by atoms with Crippen LogP contribution in [0, 0.1) is 5.82 Å². The molecule has 3 aromatic rings. The highest BCUT2D eigenvalue weighted by Crippen LogP contribution is 2.33. The molecule has 0 spiro atoms. The topological polar surface area (TPSA) is 65.5 Å². The predicted octanol–water partition coefficient (Wildman–Crippen LogP) is 4.23. The van der Waals surface area contributed by atoms with Gasteiger partial charge in [0.2, 0.25) is 0 Å². The number of hydrogen-bond acceptors (Lipinski definition) is 7. The van der Waals surface area contributed by atoms with E-state index in [0.29, 0.717) is 23.8 Å². The number of benzene rings is 2. The molecule has 0 saturated carbocycles. The van der Waals surface area contributed by atoms with Gasteiger partial charge in [-0.05, 0) is 43.7 Å². The summed E-state index contributed by atoms with van der Waals surface area (Å²) in [4.78, 5) is 14.7. The molecule has 0 saturated heterocycles. The van der Waals surface area contributed by atoms with Gasteiger partial charge in [0.25, 0.3) is 0 Å². The molecular formula is C23H25FN6O. The third-order valence-corrected chi connectivity index (χ3v) is 4.93. The standard InChI is InChI=1S/C23H25FN6O/c1-4-31-30-23(22(28-29(30)3)18-10-12-19(24)13-11-18)20-14-21(26-15-25-20)27-16(2)17-8-6-5-7-9-17/h5-16,28H,4H2,1-3H3,(H,25,26,27). The second-order valence-electron chi connectivity index (χ2n) is 7.12. The van der Waals surface area contributed by atoms with Crippen LogP contribution >= 0.6 is 0 Å². The third-order valence-electron chi connectivity index (χ3n) is 4.93. The number of aromatic nitrogens is 2. The second-order valence-corrected chi connectivity index (χ2v) is 7.12. The van der Waals surface area contributed by atoms with Crippen molar-refractivity contribution in [3.63, 3.8) is 0 Å². The molecule has 4 rings (SSSR count). The van der Waals surface area contributed by atoms with Gasteiger partial charge in [-0.15, -0.1) is 5.12 Å². The van der Waals surface area contributed by atoms with Crippen molar-refractivity contribution in [2.24, 2.45) is 0 Å². The largest absolute Gasteiger partial charge is 0.363 e. The van der Waals surface area contributed by atoms with Crippen molar-refractivity contribution in [1.29, 1.82) is 0 Å². The zero-order chi connectivity index (χ0) is 21.8. The van der Waals surface area contributed by atoms with E-state index in [1.165, 1.54) is 18.5 Å². The van der Waals surface area contributed by atoms with E-state index in [2.05, 4.69) is 39.8 Å². The molecule has 2 aromatic carbocycles. The summed E-state index contributed by atoms with van der Waals surface area (Å²) in [6, 6.07) is 18.4. The Kier molecular flexibility index (Phi) is 6.11. The Morgan fingerprint density at radius 3 is 2.55 bits per heavy atom. The molecule has 2 heterocycles. The number of rotatable bonds is 7. The molecule has 0 aliphatic carbocycles. The van der Waals surface area contributed by atoms with Crippen LogP contribution < -0.4 is 10.7 Å². The first-order chi connectivity index (χ1) is 15.1. The summed E-state index contributed by atoms with van der Waals surface area (Å²) in [7, 11) is 1.84. The summed E-state index contributed by atoms with van der Waals surface area (Å²) >= 11 is 0. The highest BCUT2D eigenvalue weighted by Gasteiger charge is 2.31. The Balaban J connectivity index is 1.71. The normalized spacial score (nSPS) is 15.2. The van der Waals surface area contributed by atoms with E-state index in [-0.39, 0.29) is 11.9 Å². The molecule has 1 unspecified atom stereocenters. The first-order valence-electron chi connectivity index (χ1n) is 10.1. The summed E-state index contributed by atoms with van der Waals surface area (Å²) < 4.78 is 13.5. The SMILES string of the molecule is CCON1C(c2cc(NC(C)c3ccccc3)ncn2)=C(c2ccc(F)cc2)NN1C. The highest BCUT2D eigenvalue weighted by molar-refractivity contribution is 5.89. The van der Waals surface area contributed by atoms with Crippen LogP contribution in [0.4, 0.5) is 10.2 Å². The van der Waals surface area contributed by atoms with Crippen molar-refractivity contribution < 1.29 is 9.23 Å². The zero-order valence-electron chi connectivity index (χ0n) is 17.7. The van der Waals surface area contributed by atoms with E-state index in [1.807, 2.05) is 38.2 Å². The lowest BCUT2D eigenvalue weighted by atomic mass is 10.1. The number of halogens is 1. The van der Waals surface area contributed by atoms with Gasteiger partial charge in [-0.25, -0.2) is 14.4 Å². The maximum atomic E-state index is 13.5. The number of hydrogen-bond donors (Lipinski definition) is 2. The molecule has 7 nitrogen and oxygen atoms in total. The van der Waals surface area contributed by atoms with E-state index in [9.17, 15) is 4.39 Å². The van der Waals surface area contributed by atoms with Crippen LogP contribution in [0.3, 0.4) is 0 Å². The van der Waals surface area contributed by atoms with Crippen molar-refractivity contribution in [2.45, 2.75) is 19.9 Å². The molecule has 1 aliphatic heterocycles. The van der Waals surface area contributed by atoms with E-state index in [1.54, 1.807) is 22.4 Å². The van der Waals surface area contributed by atoms with Crippen LogP contribution in [-0.2, 0) is 4.84 Å². The fraction of sp³-hybridized carbons (Fsp3) is 0.217. The van der Waals surface area contributed by atoms with Crippen LogP contribution in [0.2, 0.25) is 0 Å². The molecule has 31 heavy (non-hydrogen) atoms. The average molecular weight is 420 g/mol. The van der Waals surface area contributed by atoms with Gasteiger partial charge in [-0.3, -0.25) is 10.3 Å². The molecule has 2 N–H and O–H groups in total. The molecule has 0 amide bonds. The van der Waals surface area contributed by atoms with Crippen molar-refractivity contribution in [2.75, 3.05) is 19.0 Å². The minimum atomic E-state index is -0.290. The Hall–Kier alpha value is -3.49. The number of nitrogens with zero attached hydrogens (tertiary/aromatic N) is 4. The molecule has 160 valence electrons. The molecular weight excluding hydrogens is 395 g/mol. The van der Waals surface area contributed by atoms with Gasteiger partial charge >= 0.3 is 0 Å². The van der Waals surface area contributed by atoms with Crippen molar-refractivity contribution in [1.82, 2.24) is 25.7 Å². The summed E-state index contributed by atoms with van der Waals surface area (Å²) in [5, 5.41) is 6.79. The van der Waals surface area contributed by atoms with Gasteiger partial charge in [-0.2, -0.15) is 5.17 Å². The van der Waals surface area contributed by atoms with Crippen LogP contribution in [-0.4, -0.2) is 33.9 Å². The number of hydroxylamine groups is 1. The first kappa shape index (κ1) is 20.8. The van der Waals surface area contributed by atoms with Gasteiger partial charge in [0.05, 0.1) is 18.0 Å². The van der Waals surface area contributed by atoms with Crippen molar-refractivity contribution in [3.05, 3.63) is 89.6 Å². The third kappa shape index (κ3) is 4.50. The predicted molar refractivity (Wildman–Crippen MR) is 118 cm³/mol. The fourth-order valence-electron chi connectivity index (χ4n) is 3.44. The number of hydrazine groups is 2. The van der Waals surface area contributed by atoms with Crippen LogP contribution in [0.25, 0.3) is 11.4 Å². The van der Waals surface area contributed by atoms with E-state index < -0.39 is 0 Å². The monoisotopic (exact) mass is 420 g/mol. The van der Waals surface area contributed by atoms with E-state index in [0.717, 1.165) is 16.8 Å². The minimum Gasteiger partial charge on any atom is -0.363 e. The lowest BCUT2D eigenvalue weighted by molar-refractivity contribution is -0.231. The molecule has 1 aromatic heterocycles. The molecule has 0 fully saturated rings. The van der Waals surface area contributed by atoms with Crippen LogP contribution in [0.1, 0.15) is 36.7 Å². The Morgan fingerprint density at radius 2 is 1.84 bits per heavy atom. The summed E-state index contributed by atoms with van der Waals surface area (Å²) in [6.07, 6.45) is 1.52. The van der Waals surface area contributed by atoms with Crippen LogP contribution in [0.15, 0.2) is 67.0 Å². The molecule has 1 atom stereocenters. The van der Waals surface area contributed by atoms with Crippen molar-refractivity contribution >= 4 is 17.2 Å². The first-order valence-corrected chi connectivity index (χ1v) is 10.1. The lowest BCUT2D eigenvalue weighted by Crippen LogP contribution is -2.39. The molecule has 0 bridgehead atoms. The van der Waals surface area contributed by atoms with E-state index >= 15 is 0 Å². The second kappa shape index (κ2) is 9.11. The zero-order valence-corrected chi connectivity index (χ0v) is 17.7.